The van der Waals surface area contributed by atoms with Gasteiger partial charge >= 0.3 is 0 Å². The van der Waals surface area contributed by atoms with E-state index in [0.717, 1.165) is 77.0 Å². The van der Waals surface area contributed by atoms with E-state index in [4.69, 9.17) is 31.0 Å². The molecule has 2 aromatic heterocycles. The molecule has 4 nitrogen and oxygen atoms in total. The first-order chi connectivity index (χ1) is 25.7. The summed E-state index contributed by atoms with van der Waals surface area (Å²) in [5, 5.41) is 7.10. The van der Waals surface area contributed by atoms with Crippen molar-refractivity contribution in [1.29, 1.82) is 0 Å². The Bertz CT molecular complexity index is 2970. The molecule has 244 valence electrons. The molecule has 10 aromatic rings. The minimum Gasteiger partial charge on any atom is -0.456 e. The second kappa shape index (κ2) is 12.3. The predicted octanol–water partition coefficient (Wildman–Crippen LogP) is 13.1. The molecule has 0 bridgehead atoms. The number of para-hydroxylation sites is 1. The summed E-state index contributed by atoms with van der Waals surface area (Å²) in [6.07, 6.45) is 0. The Morgan fingerprint density at radius 3 is 1.79 bits per heavy atom. The second-order valence-corrected chi connectivity index (χ2v) is 13.4. The van der Waals surface area contributed by atoms with Gasteiger partial charge in [0.1, 0.15) is 11.2 Å². The zero-order chi connectivity index (χ0) is 34.6. The lowest BCUT2D eigenvalue weighted by atomic mass is 9.93. The molecular formula is C47H28ClN3O. The molecule has 0 spiro atoms. The predicted molar refractivity (Wildman–Crippen MR) is 214 cm³/mol. The number of furan rings is 1. The average molecular weight is 686 g/mol. The summed E-state index contributed by atoms with van der Waals surface area (Å²) in [6.45, 7) is 0. The molecule has 5 heteroatoms. The highest BCUT2D eigenvalue weighted by Crippen LogP contribution is 2.42. The number of aromatic nitrogens is 3. The first-order valence-corrected chi connectivity index (χ1v) is 17.6. The maximum Gasteiger partial charge on any atom is 0.164 e. The molecule has 0 fully saturated rings. The fourth-order valence-corrected chi connectivity index (χ4v) is 7.51. The van der Waals surface area contributed by atoms with Crippen molar-refractivity contribution in [1.82, 2.24) is 15.0 Å². The lowest BCUT2D eigenvalue weighted by molar-refractivity contribution is 0.669. The van der Waals surface area contributed by atoms with Gasteiger partial charge in [0, 0.05) is 38.6 Å². The third-order valence-corrected chi connectivity index (χ3v) is 10.0. The molecule has 0 atom stereocenters. The van der Waals surface area contributed by atoms with Crippen LogP contribution in [0.3, 0.4) is 0 Å². The van der Waals surface area contributed by atoms with E-state index in [9.17, 15) is 0 Å². The van der Waals surface area contributed by atoms with Gasteiger partial charge in [0.2, 0.25) is 0 Å². The van der Waals surface area contributed by atoms with E-state index in [1.165, 1.54) is 5.39 Å². The number of halogens is 1. The Kier molecular flexibility index (Phi) is 7.15. The molecule has 0 aliphatic rings. The van der Waals surface area contributed by atoms with Gasteiger partial charge in [-0.3, -0.25) is 0 Å². The van der Waals surface area contributed by atoms with E-state index in [2.05, 4.69) is 133 Å². The van der Waals surface area contributed by atoms with E-state index in [1.54, 1.807) is 0 Å². The maximum atomic E-state index is 6.72. The van der Waals surface area contributed by atoms with Crippen molar-refractivity contribution in [3.8, 4) is 56.4 Å². The van der Waals surface area contributed by atoms with Crippen molar-refractivity contribution in [2.75, 3.05) is 0 Å². The number of hydrogen-bond donors (Lipinski definition) is 0. The highest BCUT2D eigenvalue weighted by Gasteiger charge is 2.19. The van der Waals surface area contributed by atoms with Crippen molar-refractivity contribution in [3.05, 3.63) is 175 Å². The molecule has 0 amide bonds. The number of rotatable bonds is 5. The molecule has 0 saturated carbocycles. The summed E-state index contributed by atoms with van der Waals surface area (Å²) in [5.74, 6) is 1.84. The zero-order valence-electron chi connectivity index (χ0n) is 27.8. The SMILES string of the molecule is Clc1cc(-c2cccc3c(-c4nc(-c5ccc(-c6ccccc6)cc5)nc(-c5ccc6ccccc6c5)n4)cccc23)c2c(c1)oc1ccccc12. The van der Waals surface area contributed by atoms with Gasteiger partial charge in [-0.2, -0.15) is 0 Å². The van der Waals surface area contributed by atoms with Crippen LogP contribution in [0.4, 0.5) is 0 Å². The summed E-state index contributed by atoms with van der Waals surface area (Å²) in [4.78, 5) is 15.4. The van der Waals surface area contributed by atoms with E-state index < -0.39 is 0 Å². The van der Waals surface area contributed by atoms with Crippen molar-refractivity contribution < 1.29 is 4.42 Å². The van der Waals surface area contributed by atoms with E-state index >= 15 is 0 Å². The number of fused-ring (bicyclic) bond motifs is 5. The van der Waals surface area contributed by atoms with Crippen LogP contribution in [0.15, 0.2) is 174 Å². The van der Waals surface area contributed by atoms with Crippen LogP contribution in [0.1, 0.15) is 0 Å². The Labute approximate surface area is 304 Å². The molecular weight excluding hydrogens is 658 g/mol. The Hall–Kier alpha value is -6.62. The largest absolute Gasteiger partial charge is 0.456 e. The molecule has 0 aliphatic carbocycles. The van der Waals surface area contributed by atoms with Crippen LogP contribution in [0.25, 0.3) is 99.9 Å². The van der Waals surface area contributed by atoms with Crippen LogP contribution in [0, 0.1) is 0 Å². The summed E-state index contributed by atoms with van der Waals surface area (Å²) in [5.41, 5.74) is 8.72. The van der Waals surface area contributed by atoms with Crippen LogP contribution in [0.5, 0.6) is 0 Å². The molecule has 0 N–H and O–H groups in total. The minimum atomic E-state index is 0.605. The smallest absolute Gasteiger partial charge is 0.164 e. The summed E-state index contributed by atoms with van der Waals surface area (Å²) < 4.78 is 6.26. The van der Waals surface area contributed by atoms with Crippen LogP contribution in [0.2, 0.25) is 5.02 Å². The van der Waals surface area contributed by atoms with Crippen molar-refractivity contribution >= 4 is 55.1 Å². The van der Waals surface area contributed by atoms with Crippen LogP contribution >= 0.6 is 11.6 Å². The number of nitrogens with zero attached hydrogens (tertiary/aromatic N) is 3. The summed E-state index contributed by atoms with van der Waals surface area (Å²) >= 11 is 6.72. The fourth-order valence-electron chi connectivity index (χ4n) is 7.30. The Morgan fingerprint density at radius 1 is 0.365 bits per heavy atom. The lowest BCUT2D eigenvalue weighted by Crippen LogP contribution is -2.01. The topological polar surface area (TPSA) is 51.8 Å². The Balaban J connectivity index is 1.17. The van der Waals surface area contributed by atoms with Gasteiger partial charge < -0.3 is 4.42 Å². The van der Waals surface area contributed by atoms with Gasteiger partial charge in [-0.1, -0.05) is 157 Å². The van der Waals surface area contributed by atoms with E-state index in [0.29, 0.717) is 22.5 Å². The zero-order valence-corrected chi connectivity index (χ0v) is 28.5. The van der Waals surface area contributed by atoms with Gasteiger partial charge in [0.15, 0.2) is 17.5 Å². The summed E-state index contributed by atoms with van der Waals surface area (Å²) in [7, 11) is 0. The van der Waals surface area contributed by atoms with Crippen LogP contribution in [-0.2, 0) is 0 Å². The molecule has 52 heavy (non-hydrogen) atoms. The highest BCUT2D eigenvalue weighted by molar-refractivity contribution is 6.32. The minimum absolute atomic E-state index is 0.605. The monoisotopic (exact) mass is 685 g/mol. The quantitative estimate of drug-likeness (QED) is 0.181. The van der Waals surface area contributed by atoms with Crippen molar-refractivity contribution in [2.45, 2.75) is 0 Å². The second-order valence-electron chi connectivity index (χ2n) is 12.9. The molecule has 0 saturated heterocycles. The van der Waals surface area contributed by atoms with Crippen molar-refractivity contribution in [3.63, 3.8) is 0 Å². The van der Waals surface area contributed by atoms with Gasteiger partial charge in [-0.25, -0.2) is 15.0 Å². The first-order valence-electron chi connectivity index (χ1n) is 17.2. The Morgan fingerprint density at radius 2 is 0.962 bits per heavy atom. The molecule has 2 heterocycles. The molecule has 0 unspecified atom stereocenters. The van der Waals surface area contributed by atoms with Gasteiger partial charge in [-0.05, 0) is 62.0 Å². The van der Waals surface area contributed by atoms with E-state index in [-0.39, 0.29) is 0 Å². The number of benzene rings is 8. The molecule has 0 aliphatic heterocycles. The van der Waals surface area contributed by atoms with Crippen LogP contribution < -0.4 is 0 Å². The fraction of sp³-hybridized carbons (Fsp3) is 0. The lowest BCUT2D eigenvalue weighted by Gasteiger charge is -2.13. The third-order valence-electron chi connectivity index (χ3n) is 9.79. The average Bonchev–Trinajstić information content (AvgIpc) is 3.58. The van der Waals surface area contributed by atoms with Crippen LogP contribution in [-0.4, -0.2) is 15.0 Å². The molecule has 0 radical (unpaired) electrons. The normalized spacial score (nSPS) is 11.6. The highest BCUT2D eigenvalue weighted by atomic mass is 35.5. The first kappa shape index (κ1) is 30.2. The van der Waals surface area contributed by atoms with Gasteiger partial charge in [0.25, 0.3) is 0 Å². The number of hydrogen-bond acceptors (Lipinski definition) is 4. The van der Waals surface area contributed by atoms with E-state index in [1.807, 2.05) is 36.4 Å². The van der Waals surface area contributed by atoms with Gasteiger partial charge in [-0.15, -0.1) is 0 Å². The molecule has 10 rings (SSSR count). The van der Waals surface area contributed by atoms with Gasteiger partial charge in [0.05, 0.1) is 0 Å². The molecule has 8 aromatic carbocycles. The third kappa shape index (κ3) is 5.20. The standard InChI is InChI=1S/C47H28ClN3O/c48-35-27-41(44-40-14-6-7-19-42(40)52-43(44)28-35)38-17-8-16-37-36(38)15-9-18-39(37)47-50-45(32-23-20-31(21-24-32)29-10-2-1-3-11-29)49-46(51-47)34-25-22-30-12-4-5-13-33(30)26-34/h1-28H. The maximum absolute atomic E-state index is 6.72. The summed E-state index contributed by atoms with van der Waals surface area (Å²) in [6, 6.07) is 58.2. The van der Waals surface area contributed by atoms with Crippen molar-refractivity contribution in [2.24, 2.45) is 0 Å².